The minimum atomic E-state index is 0.0295. The molecule has 1 amide bonds. The van der Waals surface area contributed by atoms with Gasteiger partial charge in [-0.3, -0.25) is 4.79 Å². The second-order valence-electron chi connectivity index (χ2n) is 7.34. The lowest BCUT2D eigenvalue weighted by atomic mass is 9.77. The number of amides is 1. The average molecular weight is 347 g/mol. The van der Waals surface area contributed by atoms with Crippen molar-refractivity contribution in [3.8, 4) is 0 Å². The van der Waals surface area contributed by atoms with Crippen LogP contribution in [-0.2, 0) is 11.7 Å². The molecule has 3 rings (SSSR count). The van der Waals surface area contributed by atoms with E-state index in [0.717, 1.165) is 38.5 Å². The normalized spacial score (nSPS) is 29.1. The Labute approximate surface area is 150 Å². The van der Waals surface area contributed by atoms with Crippen molar-refractivity contribution in [2.24, 2.45) is 13.0 Å². The number of nitrogens with one attached hydrogen (secondary N) is 1. The number of aryl methyl sites for hydroxylation is 1. The fourth-order valence-corrected chi connectivity index (χ4v) is 4.05. The predicted molar refractivity (Wildman–Crippen MR) is 94.9 cm³/mol. The van der Waals surface area contributed by atoms with Crippen LogP contribution in [-0.4, -0.2) is 64.9 Å². The molecule has 1 heterocycles. The Morgan fingerprint density at radius 1 is 1.40 bits per heavy atom. The highest BCUT2D eigenvalue weighted by Crippen LogP contribution is 2.36. The van der Waals surface area contributed by atoms with Gasteiger partial charge in [-0.05, 0) is 50.5 Å². The number of imidazole rings is 1. The third kappa shape index (κ3) is 4.24. The molecule has 0 atom stereocenters. The third-order valence-electron chi connectivity index (χ3n) is 5.53. The van der Waals surface area contributed by atoms with Crippen LogP contribution in [0.2, 0.25) is 0 Å². The van der Waals surface area contributed by atoms with Gasteiger partial charge in [0.05, 0.1) is 6.33 Å². The second kappa shape index (κ2) is 8.34. The molecule has 2 aliphatic rings. The SMILES string of the molecule is CO[B]NC1CCC(N(C(=O)c2cn(C)cn2)C2CC(CO)C2)CC1. The number of aromatic nitrogens is 2. The zero-order valence-corrected chi connectivity index (χ0v) is 15.1. The zero-order valence-electron chi connectivity index (χ0n) is 15.1. The van der Waals surface area contributed by atoms with Crippen molar-refractivity contribution in [1.82, 2.24) is 19.7 Å². The number of aliphatic hydroxyl groups is 1. The van der Waals surface area contributed by atoms with Crippen molar-refractivity contribution >= 4 is 13.5 Å². The fourth-order valence-electron chi connectivity index (χ4n) is 4.05. The highest BCUT2D eigenvalue weighted by molar-refractivity contribution is 6.23. The first kappa shape index (κ1) is 18.4. The predicted octanol–water partition coefficient (Wildman–Crippen LogP) is 0.715. The monoisotopic (exact) mass is 347 g/mol. The molecule has 0 bridgehead atoms. The van der Waals surface area contributed by atoms with Gasteiger partial charge in [0.2, 0.25) is 0 Å². The molecule has 25 heavy (non-hydrogen) atoms. The lowest BCUT2D eigenvalue weighted by Crippen LogP contribution is -2.55. The number of hydrogen-bond acceptors (Lipinski definition) is 5. The molecule has 0 spiro atoms. The van der Waals surface area contributed by atoms with E-state index in [1.54, 1.807) is 27.3 Å². The van der Waals surface area contributed by atoms with Crippen molar-refractivity contribution in [1.29, 1.82) is 0 Å². The second-order valence-corrected chi connectivity index (χ2v) is 7.34. The summed E-state index contributed by atoms with van der Waals surface area (Å²) in [5.41, 5.74) is 0.517. The highest BCUT2D eigenvalue weighted by atomic mass is 16.4. The van der Waals surface area contributed by atoms with E-state index in [1.165, 1.54) is 0 Å². The maximum Gasteiger partial charge on any atom is 0.395 e. The van der Waals surface area contributed by atoms with Crippen LogP contribution >= 0.6 is 0 Å². The third-order valence-corrected chi connectivity index (χ3v) is 5.53. The average Bonchev–Trinajstić information content (AvgIpc) is 3.02. The molecule has 1 radical (unpaired) electrons. The highest BCUT2D eigenvalue weighted by Gasteiger charge is 2.41. The largest absolute Gasteiger partial charge is 0.427 e. The van der Waals surface area contributed by atoms with E-state index in [0.29, 0.717) is 17.7 Å². The van der Waals surface area contributed by atoms with E-state index in [9.17, 15) is 9.90 Å². The summed E-state index contributed by atoms with van der Waals surface area (Å²) in [4.78, 5) is 19.4. The summed E-state index contributed by atoms with van der Waals surface area (Å²) in [5.74, 6) is 0.361. The minimum absolute atomic E-state index is 0.0295. The summed E-state index contributed by atoms with van der Waals surface area (Å²) in [5, 5.41) is 12.6. The summed E-state index contributed by atoms with van der Waals surface area (Å²) in [6.07, 6.45) is 9.25. The molecule has 2 fully saturated rings. The summed E-state index contributed by atoms with van der Waals surface area (Å²) in [6.45, 7) is 0.214. The van der Waals surface area contributed by atoms with E-state index < -0.39 is 0 Å². The van der Waals surface area contributed by atoms with Crippen LogP contribution in [0.4, 0.5) is 0 Å². The van der Waals surface area contributed by atoms with Crippen molar-refractivity contribution < 1.29 is 14.6 Å². The summed E-state index contributed by atoms with van der Waals surface area (Å²) in [6, 6.07) is 0.890. The van der Waals surface area contributed by atoms with E-state index in [2.05, 4.69) is 15.1 Å². The molecule has 0 aromatic carbocycles. The van der Waals surface area contributed by atoms with E-state index in [4.69, 9.17) is 4.65 Å². The molecule has 7 nitrogen and oxygen atoms in total. The van der Waals surface area contributed by atoms with Gasteiger partial charge >= 0.3 is 7.62 Å². The van der Waals surface area contributed by atoms with E-state index in [1.807, 2.05) is 11.6 Å². The van der Waals surface area contributed by atoms with Gasteiger partial charge in [0, 0.05) is 39.0 Å². The van der Waals surface area contributed by atoms with E-state index in [-0.39, 0.29) is 24.6 Å². The van der Waals surface area contributed by atoms with Gasteiger partial charge < -0.3 is 24.5 Å². The van der Waals surface area contributed by atoms with Crippen molar-refractivity contribution in [3.63, 3.8) is 0 Å². The lowest BCUT2D eigenvalue weighted by molar-refractivity contribution is 0.00867. The Morgan fingerprint density at radius 3 is 2.68 bits per heavy atom. The van der Waals surface area contributed by atoms with Crippen LogP contribution in [0.25, 0.3) is 0 Å². The minimum Gasteiger partial charge on any atom is -0.427 e. The standard InChI is InChI=1S/C17H28BN4O3/c1-21-9-16(19-11-21)17(24)22(15-7-12(8-15)10-23)14-5-3-13(4-6-14)20-18-25-2/h9,11-15,20,23H,3-8,10H2,1-2H3. The number of aliphatic hydroxyl groups excluding tert-OH is 1. The van der Waals surface area contributed by atoms with Gasteiger partial charge in [-0.1, -0.05) is 0 Å². The first-order chi connectivity index (χ1) is 12.1. The Morgan fingerprint density at radius 2 is 2.12 bits per heavy atom. The molecule has 137 valence electrons. The van der Waals surface area contributed by atoms with Crippen molar-refractivity contribution in [3.05, 3.63) is 18.2 Å². The van der Waals surface area contributed by atoms with Crippen LogP contribution in [0, 0.1) is 5.92 Å². The number of carbonyl (C=O) groups excluding carboxylic acids is 1. The van der Waals surface area contributed by atoms with Gasteiger partial charge in [-0.2, -0.15) is 0 Å². The molecule has 8 heteroatoms. The Kier molecular flexibility index (Phi) is 6.14. The number of carbonyl (C=O) groups is 1. The molecule has 0 aliphatic heterocycles. The van der Waals surface area contributed by atoms with Crippen LogP contribution in [0.15, 0.2) is 12.5 Å². The van der Waals surface area contributed by atoms with Crippen LogP contribution in [0.3, 0.4) is 0 Å². The summed E-state index contributed by atoms with van der Waals surface area (Å²) >= 11 is 0. The smallest absolute Gasteiger partial charge is 0.395 e. The molecule has 0 saturated heterocycles. The quantitative estimate of drug-likeness (QED) is 0.711. The van der Waals surface area contributed by atoms with Gasteiger partial charge in [-0.25, -0.2) is 4.98 Å². The molecule has 1 aromatic rings. The Balaban J connectivity index is 1.66. The Bertz CT molecular complexity index is 568. The molecule has 0 unspecified atom stereocenters. The summed E-state index contributed by atoms with van der Waals surface area (Å²) in [7, 11) is 5.15. The fraction of sp³-hybridized carbons (Fsp3) is 0.765. The molecule has 2 aliphatic carbocycles. The van der Waals surface area contributed by atoms with Crippen LogP contribution in [0.1, 0.15) is 49.0 Å². The van der Waals surface area contributed by atoms with Crippen molar-refractivity contribution in [2.45, 2.75) is 56.7 Å². The first-order valence-electron chi connectivity index (χ1n) is 9.14. The van der Waals surface area contributed by atoms with Crippen LogP contribution < -0.4 is 5.23 Å². The number of nitrogens with zero attached hydrogens (tertiary/aromatic N) is 3. The Hall–Kier alpha value is -1.38. The molecular weight excluding hydrogens is 319 g/mol. The van der Waals surface area contributed by atoms with Gasteiger partial charge in [0.25, 0.3) is 5.91 Å². The van der Waals surface area contributed by atoms with Crippen LogP contribution in [0.5, 0.6) is 0 Å². The molecular formula is C17H28BN4O3. The topological polar surface area (TPSA) is 79.6 Å². The molecule has 1 aromatic heterocycles. The van der Waals surface area contributed by atoms with Gasteiger partial charge in [-0.15, -0.1) is 0 Å². The molecule has 2 saturated carbocycles. The van der Waals surface area contributed by atoms with E-state index >= 15 is 0 Å². The van der Waals surface area contributed by atoms with Crippen molar-refractivity contribution in [2.75, 3.05) is 13.7 Å². The first-order valence-corrected chi connectivity index (χ1v) is 9.14. The summed E-state index contributed by atoms with van der Waals surface area (Å²) < 4.78 is 6.78. The zero-order chi connectivity index (χ0) is 17.8. The maximum absolute atomic E-state index is 13.1. The number of hydrogen-bond donors (Lipinski definition) is 2. The number of rotatable bonds is 7. The molecule has 2 N–H and O–H groups in total. The van der Waals surface area contributed by atoms with Gasteiger partial charge in [0.15, 0.2) is 0 Å². The maximum atomic E-state index is 13.1. The lowest BCUT2D eigenvalue weighted by Gasteiger charge is -2.47. The van der Waals surface area contributed by atoms with Gasteiger partial charge in [0.1, 0.15) is 5.69 Å².